The van der Waals surface area contributed by atoms with Gasteiger partial charge in [-0.3, -0.25) is 4.79 Å². The molecule has 3 rings (SSSR count). The molecule has 1 heterocycles. The highest BCUT2D eigenvalue weighted by Gasteiger charge is 2.16. The third kappa shape index (κ3) is 3.77. The average Bonchev–Trinajstić information content (AvgIpc) is 2.97. The fourth-order valence-electron chi connectivity index (χ4n) is 2.29. The van der Waals surface area contributed by atoms with Gasteiger partial charge >= 0.3 is 0 Å². The number of nitrogens with zero attached hydrogens (tertiary/aromatic N) is 3. The summed E-state index contributed by atoms with van der Waals surface area (Å²) in [6.45, 7) is 1.67. The highest BCUT2D eigenvalue weighted by Crippen LogP contribution is 2.15. The van der Waals surface area contributed by atoms with Crippen LogP contribution in [0, 0.1) is 12.7 Å². The monoisotopic (exact) mass is 374 g/mol. The van der Waals surface area contributed by atoms with Gasteiger partial charge in [-0.15, -0.1) is 5.10 Å². The van der Waals surface area contributed by atoms with Gasteiger partial charge in [0, 0.05) is 11.9 Å². The van der Waals surface area contributed by atoms with Gasteiger partial charge in [0.05, 0.1) is 10.6 Å². The SMILES string of the molecule is Cc1nc(C(=O)Nc2ccc(S(C)(=O)=O)cc2)nn1-c1ccc(F)cc1. The highest BCUT2D eigenvalue weighted by molar-refractivity contribution is 7.90. The lowest BCUT2D eigenvalue weighted by molar-refractivity contribution is 0.101. The number of benzene rings is 2. The zero-order chi connectivity index (χ0) is 18.9. The van der Waals surface area contributed by atoms with Gasteiger partial charge in [0.1, 0.15) is 11.6 Å². The van der Waals surface area contributed by atoms with Crippen LogP contribution in [0.2, 0.25) is 0 Å². The third-order valence-corrected chi connectivity index (χ3v) is 4.71. The molecule has 0 spiro atoms. The lowest BCUT2D eigenvalue weighted by Gasteiger charge is -2.04. The molecule has 0 atom stereocenters. The lowest BCUT2D eigenvalue weighted by Crippen LogP contribution is -2.14. The van der Waals surface area contributed by atoms with Crippen LogP contribution >= 0.6 is 0 Å². The van der Waals surface area contributed by atoms with Crippen molar-refractivity contribution in [2.75, 3.05) is 11.6 Å². The van der Waals surface area contributed by atoms with E-state index in [1.165, 1.54) is 53.2 Å². The molecule has 0 fully saturated rings. The first kappa shape index (κ1) is 17.7. The molecule has 0 unspecified atom stereocenters. The van der Waals surface area contributed by atoms with Crippen molar-refractivity contribution in [2.24, 2.45) is 0 Å². The minimum absolute atomic E-state index is 0.0565. The molecule has 9 heteroatoms. The Morgan fingerprint density at radius 1 is 1.08 bits per heavy atom. The predicted molar refractivity (Wildman–Crippen MR) is 93.6 cm³/mol. The highest BCUT2D eigenvalue weighted by atomic mass is 32.2. The van der Waals surface area contributed by atoms with Crippen molar-refractivity contribution in [3.63, 3.8) is 0 Å². The average molecular weight is 374 g/mol. The molecule has 0 radical (unpaired) electrons. The van der Waals surface area contributed by atoms with Crippen LogP contribution in [0.5, 0.6) is 0 Å². The van der Waals surface area contributed by atoms with Gasteiger partial charge in [0.25, 0.3) is 5.91 Å². The summed E-state index contributed by atoms with van der Waals surface area (Å²) in [6, 6.07) is 11.4. The normalized spacial score (nSPS) is 11.3. The molecule has 0 saturated heterocycles. The Balaban J connectivity index is 1.80. The van der Waals surface area contributed by atoms with Gasteiger partial charge in [-0.05, 0) is 55.5 Å². The van der Waals surface area contributed by atoms with E-state index >= 15 is 0 Å². The number of aryl methyl sites for hydroxylation is 1. The van der Waals surface area contributed by atoms with Crippen LogP contribution in [0.4, 0.5) is 10.1 Å². The van der Waals surface area contributed by atoms with E-state index in [0.717, 1.165) is 6.26 Å². The molecule has 0 saturated carbocycles. The Hall–Kier alpha value is -3.07. The van der Waals surface area contributed by atoms with Gasteiger partial charge in [0.15, 0.2) is 9.84 Å². The summed E-state index contributed by atoms with van der Waals surface area (Å²) in [5, 5.41) is 6.74. The topological polar surface area (TPSA) is 93.9 Å². The Morgan fingerprint density at radius 2 is 1.69 bits per heavy atom. The number of hydrogen-bond acceptors (Lipinski definition) is 5. The minimum Gasteiger partial charge on any atom is -0.319 e. The molecule has 0 aliphatic heterocycles. The number of hydrogen-bond donors (Lipinski definition) is 1. The number of halogens is 1. The van der Waals surface area contributed by atoms with Crippen molar-refractivity contribution >= 4 is 21.4 Å². The van der Waals surface area contributed by atoms with Crippen LogP contribution in [-0.4, -0.2) is 35.3 Å². The fourth-order valence-corrected chi connectivity index (χ4v) is 2.92. The van der Waals surface area contributed by atoms with Crippen molar-refractivity contribution in [1.82, 2.24) is 14.8 Å². The number of anilines is 1. The summed E-state index contributed by atoms with van der Waals surface area (Å²) in [5.74, 6) is -0.503. The number of amides is 1. The van der Waals surface area contributed by atoms with Crippen molar-refractivity contribution < 1.29 is 17.6 Å². The Labute approximate surface area is 149 Å². The van der Waals surface area contributed by atoms with Gasteiger partial charge in [-0.2, -0.15) is 0 Å². The molecule has 1 N–H and O–H groups in total. The van der Waals surface area contributed by atoms with Crippen molar-refractivity contribution in [1.29, 1.82) is 0 Å². The summed E-state index contributed by atoms with van der Waals surface area (Å²) in [7, 11) is -3.30. The van der Waals surface area contributed by atoms with E-state index in [4.69, 9.17) is 0 Å². The van der Waals surface area contributed by atoms with Crippen LogP contribution in [0.1, 0.15) is 16.4 Å². The Bertz CT molecular complexity index is 1060. The molecule has 0 bridgehead atoms. The van der Waals surface area contributed by atoms with E-state index in [-0.39, 0.29) is 16.5 Å². The maximum Gasteiger partial charge on any atom is 0.295 e. The molecule has 1 amide bonds. The predicted octanol–water partition coefficient (Wildman–Crippen LogP) is 2.37. The largest absolute Gasteiger partial charge is 0.319 e. The standard InChI is InChI=1S/C17H15FN4O3S/c1-11-19-16(21-22(11)14-7-3-12(18)4-8-14)17(23)20-13-5-9-15(10-6-13)26(2,24)25/h3-10H,1-2H3,(H,20,23). The first-order valence-electron chi connectivity index (χ1n) is 7.55. The second-order valence-electron chi connectivity index (χ2n) is 5.62. The van der Waals surface area contributed by atoms with Crippen LogP contribution in [0.15, 0.2) is 53.4 Å². The number of rotatable bonds is 4. The van der Waals surface area contributed by atoms with Crippen molar-refractivity contribution in [2.45, 2.75) is 11.8 Å². The van der Waals surface area contributed by atoms with Crippen LogP contribution in [0.3, 0.4) is 0 Å². The van der Waals surface area contributed by atoms with E-state index in [1.807, 2.05) is 0 Å². The smallest absolute Gasteiger partial charge is 0.295 e. The molecule has 3 aromatic rings. The van der Waals surface area contributed by atoms with Gasteiger partial charge < -0.3 is 5.32 Å². The number of carbonyl (C=O) groups excluding carboxylic acids is 1. The molecule has 26 heavy (non-hydrogen) atoms. The second kappa shape index (κ2) is 6.68. The zero-order valence-electron chi connectivity index (χ0n) is 14.0. The number of nitrogens with one attached hydrogen (secondary N) is 1. The van der Waals surface area contributed by atoms with E-state index in [1.54, 1.807) is 6.92 Å². The zero-order valence-corrected chi connectivity index (χ0v) is 14.8. The van der Waals surface area contributed by atoms with Crippen LogP contribution in [-0.2, 0) is 9.84 Å². The van der Waals surface area contributed by atoms with Crippen LogP contribution < -0.4 is 5.32 Å². The molecule has 1 aromatic heterocycles. The van der Waals surface area contributed by atoms with Crippen molar-refractivity contribution in [3.05, 3.63) is 66.0 Å². The molecule has 134 valence electrons. The Morgan fingerprint density at radius 3 is 2.27 bits per heavy atom. The molecular weight excluding hydrogens is 359 g/mol. The lowest BCUT2D eigenvalue weighted by atomic mass is 10.3. The first-order valence-corrected chi connectivity index (χ1v) is 9.44. The summed E-state index contributed by atoms with van der Waals surface area (Å²) >= 11 is 0. The number of aromatic nitrogens is 3. The van der Waals surface area contributed by atoms with E-state index in [0.29, 0.717) is 17.2 Å². The molecule has 0 aliphatic carbocycles. The molecule has 0 aliphatic rings. The maximum absolute atomic E-state index is 13.0. The summed E-state index contributed by atoms with van der Waals surface area (Å²) in [6.07, 6.45) is 1.11. The van der Waals surface area contributed by atoms with E-state index in [2.05, 4.69) is 15.4 Å². The Kier molecular flexibility index (Phi) is 4.56. The number of sulfone groups is 1. The third-order valence-electron chi connectivity index (χ3n) is 3.58. The number of carbonyl (C=O) groups is 1. The molecular formula is C17H15FN4O3S. The molecule has 2 aromatic carbocycles. The fraction of sp³-hybridized carbons (Fsp3) is 0.118. The van der Waals surface area contributed by atoms with Crippen LogP contribution in [0.25, 0.3) is 5.69 Å². The summed E-state index contributed by atoms with van der Waals surface area (Å²) in [4.78, 5) is 16.6. The van der Waals surface area contributed by atoms with E-state index < -0.39 is 15.7 Å². The quantitative estimate of drug-likeness (QED) is 0.757. The second-order valence-corrected chi connectivity index (χ2v) is 7.64. The van der Waals surface area contributed by atoms with Crippen molar-refractivity contribution in [3.8, 4) is 5.69 Å². The first-order chi connectivity index (χ1) is 12.2. The minimum atomic E-state index is -3.30. The van der Waals surface area contributed by atoms with Gasteiger partial charge in [0.2, 0.25) is 5.82 Å². The van der Waals surface area contributed by atoms with E-state index in [9.17, 15) is 17.6 Å². The van der Waals surface area contributed by atoms with Gasteiger partial charge in [-0.1, -0.05) is 0 Å². The van der Waals surface area contributed by atoms with Gasteiger partial charge in [-0.25, -0.2) is 22.5 Å². The summed E-state index contributed by atoms with van der Waals surface area (Å²) < 4.78 is 37.4. The maximum atomic E-state index is 13.0. The summed E-state index contributed by atoms with van der Waals surface area (Å²) in [5.41, 5.74) is 0.992. The molecule has 7 nitrogen and oxygen atoms in total.